The molecule has 2 rings (SSSR count). The molecule has 2 aromatic rings. The maximum atomic E-state index is 6.05. The summed E-state index contributed by atoms with van der Waals surface area (Å²) in [6.45, 7) is 0. The molecular weight excluding hydrogens is 256 g/mol. The Labute approximate surface area is 109 Å². The van der Waals surface area contributed by atoms with Crippen LogP contribution < -0.4 is 11.1 Å². The molecule has 0 fully saturated rings. The highest BCUT2D eigenvalue weighted by Crippen LogP contribution is 2.23. The Bertz CT molecular complexity index is 544. The van der Waals surface area contributed by atoms with Crippen molar-refractivity contribution in [1.82, 2.24) is 9.97 Å². The lowest BCUT2D eigenvalue weighted by Gasteiger charge is -2.08. The molecule has 0 aliphatic carbocycles. The number of hydrogen-bond acceptors (Lipinski definition) is 4. The predicted octanol–water partition coefficient (Wildman–Crippen LogP) is 2.51. The van der Waals surface area contributed by atoms with Gasteiger partial charge in [0.15, 0.2) is 0 Å². The Balaban J connectivity index is 2.24. The zero-order valence-corrected chi connectivity index (χ0v) is 10.3. The van der Waals surface area contributed by atoms with Gasteiger partial charge in [0.05, 0.1) is 23.1 Å². The fraction of sp³-hybridized carbons (Fsp3) is 0. The van der Waals surface area contributed by atoms with Crippen LogP contribution in [0.15, 0.2) is 36.9 Å². The van der Waals surface area contributed by atoms with Gasteiger partial charge in [-0.15, -0.1) is 0 Å². The van der Waals surface area contributed by atoms with Crippen LogP contribution in [0.1, 0.15) is 5.56 Å². The van der Waals surface area contributed by atoms with Gasteiger partial charge in [0.25, 0.3) is 0 Å². The molecular formula is C11H9ClN4S. The van der Waals surface area contributed by atoms with Gasteiger partial charge >= 0.3 is 0 Å². The van der Waals surface area contributed by atoms with E-state index >= 15 is 0 Å². The molecule has 0 unspecified atom stereocenters. The Morgan fingerprint density at radius 1 is 1.24 bits per heavy atom. The maximum absolute atomic E-state index is 6.05. The summed E-state index contributed by atoms with van der Waals surface area (Å²) in [5, 5.41) is 3.63. The van der Waals surface area contributed by atoms with E-state index in [-0.39, 0.29) is 4.99 Å². The van der Waals surface area contributed by atoms with Crippen LogP contribution in [0.2, 0.25) is 5.02 Å². The van der Waals surface area contributed by atoms with Gasteiger partial charge < -0.3 is 11.1 Å². The van der Waals surface area contributed by atoms with Crippen molar-refractivity contribution < 1.29 is 0 Å². The number of anilines is 2. The Kier molecular flexibility index (Phi) is 3.51. The molecule has 0 saturated heterocycles. The first-order valence-electron chi connectivity index (χ1n) is 4.78. The lowest BCUT2D eigenvalue weighted by atomic mass is 10.2. The van der Waals surface area contributed by atoms with Gasteiger partial charge in [-0.3, -0.25) is 0 Å². The van der Waals surface area contributed by atoms with Crippen LogP contribution in [0.3, 0.4) is 0 Å². The third kappa shape index (κ3) is 2.89. The molecule has 17 heavy (non-hydrogen) atoms. The van der Waals surface area contributed by atoms with Crippen LogP contribution >= 0.6 is 23.8 Å². The predicted molar refractivity (Wildman–Crippen MR) is 72.7 cm³/mol. The molecule has 86 valence electrons. The number of nitrogens with two attached hydrogens (primary N) is 1. The largest absolute Gasteiger partial charge is 0.389 e. The highest BCUT2D eigenvalue weighted by atomic mass is 35.5. The van der Waals surface area contributed by atoms with Gasteiger partial charge in [-0.1, -0.05) is 23.8 Å². The van der Waals surface area contributed by atoms with Gasteiger partial charge in [0, 0.05) is 11.3 Å². The molecule has 0 radical (unpaired) electrons. The Morgan fingerprint density at radius 2 is 1.94 bits per heavy atom. The van der Waals surface area contributed by atoms with E-state index in [1.54, 1.807) is 24.5 Å². The molecule has 0 spiro atoms. The highest BCUT2D eigenvalue weighted by molar-refractivity contribution is 7.80. The van der Waals surface area contributed by atoms with E-state index in [0.717, 1.165) is 11.4 Å². The van der Waals surface area contributed by atoms with Crippen molar-refractivity contribution in [2.75, 3.05) is 5.32 Å². The fourth-order valence-electron chi connectivity index (χ4n) is 1.32. The summed E-state index contributed by atoms with van der Waals surface area (Å²) >= 11 is 10.9. The Morgan fingerprint density at radius 3 is 2.53 bits per heavy atom. The second-order valence-electron chi connectivity index (χ2n) is 3.31. The van der Waals surface area contributed by atoms with Gasteiger partial charge in [0.1, 0.15) is 11.3 Å². The summed E-state index contributed by atoms with van der Waals surface area (Å²) in [7, 11) is 0. The number of benzene rings is 1. The number of aromatic nitrogens is 2. The van der Waals surface area contributed by atoms with Crippen molar-refractivity contribution >= 4 is 40.2 Å². The first-order chi connectivity index (χ1) is 8.16. The summed E-state index contributed by atoms with van der Waals surface area (Å²) < 4.78 is 0. The van der Waals surface area contributed by atoms with Gasteiger partial charge in [-0.25, -0.2) is 9.97 Å². The number of halogens is 1. The van der Waals surface area contributed by atoms with Crippen molar-refractivity contribution in [3.05, 3.63) is 47.5 Å². The van der Waals surface area contributed by atoms with Crippen molar-refractivity contribution in [3.8, 4) is 0 Å². The van der Waals surface area contributed by atoms with E-state index in [1.165, 1.54) is 6.33 Å². The van der Waals surface area contributed by atoms with E-state index in [9.17, 15) is 0 Å². The van der Waals surface area contributed by atoms with Crippen molar-refractivity contribution in [1.29, 1.82) is 0 Å². The van der Waals surface area contributed by atoms with Crippen molar-refractivity contribution in [3.63, 3.8) is 0 Å². The third-order valence-electron chi connectivity index (χ3n) is 2.08. The molecule has 1 heterocycles. The van der Waals surface area contributed by atoms with Crippen molar-refractivity contribution in [2.45, 2.75) is 0 Å². The second kappa shape index (κ2) is 5.07. The number of rotatable bonds is 3. The summed E-state index contributed by atoms with van der Waals surface area (Å²) in [6.07, 6.45) is 4.80. The lowest BCUT2D eigenvalue weighted by molar-refractivity contribution is 1.17. The SMILES string of the molecule is NC(=S)c1ccc(Nc2cncnc2)cc1Cl. The zero-order valence-electron chi connectivity index (χ0n) is 8.72. The fourth-order valence-corrected chi connectivity index (χ4v) is 1.84. The van der Waals surface area contributed by atoms with E-state index < -0.39 is 0 Å². The molecule has 4 nitrogen and oxygen atoms in total. The normalized spacial score (nSPS) is 9.94. The molecule has 3 N–H and O–H groups in total. The molecule has 6 heteroatoms. The molecule has 0 bridgehead atoms. The number of thiocarbonyl (C=S) groups is 1. The molecule has 0 saturated carbocycles. The minimum absolute atomic E-state index is 0.282. The number of hydrogen-bond donors (Lipinski definition) is 2. The standard InChI is InChI=1S/C11H9ClN4S/c12-10-3-7(1-2-9(10)11(13)17)16-8-4-14-6-15-5-8/h1-6,16H,(H2,13,17). The number of nitrogens with zero attached hydrogens (tertiary/aromatic N) is 2. The first kappa shape index (κ1) is 11.8. The molecule has 0 atom stereocenters. The van der Waals surface area contributed by atoms with Gasteiger partial charge in [-0.05, 0) is 18.2 Å². The van der Waals surface area contributed by atoms with Crippen LogP contribution in [0, 0.1) is 0 Å². The smallest absolute Gasteiger partial charge is 0.115 e. The summed E-state index contributed by atoms with van der Waals surface area (Å²) in [4.78, 5) is 8.09. The first-order valence-corrected chi connectivity index (χ1v) is 5.57. The average Bonchev–Trinajstić information content (AvgIpc) is 2.30. The summed E-state index contributed by atoms with van der Waals surface area (Å²) in [5.41, 5.74) is 7.80. The van der Waals surface area contributed by atoms with E-state index in [0.29, 0.717) is 10.6 Å². The van der Waals surface area contributed by atoms with Crippen molar-refractivity contribution in [2.24, 2.45) is 5.73 Å². The molecule has 0 amide bonds. The van der Waals surface area contributed by atoms with Gasteiger partial charge in [-0.2, -0.15) is 0 Å². The molecule has 1 aromatic carbocycles. The van der Waals surface area contributed by atoms with E-state index in [1.807, 2.05) is 6.07 Å². The zero-order chi connectivity index (χ0) is 12.3. The minimum atomic E-state index is 0.282. The number of nitrogens with one attached hydrogen (secondary N) is 1. The van der Waals surface area contributed by atoms with Crippen LogP contribution in [0.25, 0.3) is 0 Å². The average molecular weight is 265 g/mol. The van der Waals surface area contributed by atoms with Crippen LogP contribution in [-0.4, -0.2) is 15.0 Å². The van der Waals surface area contributed by atoms with Crippen LogP contribution in [-0.2, 0) is 0 Å². The summed E-state index contributed by atoms with van der Waals surface area (Å²) in [5.74, 6) is 0. The third-order valence-corrected chi connectivity index (χ3v) is 2.62. The maximum Gasteiger partial charge on any atom is 0.115 e. The van der Waals surface area contributed by atoms with Crippen LogP contribution in [0.5, 0.6) is 0 Å². The second-order valence-corrected chi connectivity index (χ2v) is 4.16. The monoisotopic (exact) mass is 264 g/mol. The van der Waals surface area contributed by atoms with E-state index in [2.05, 4.69) is 15.3 Å². The molecule has 0 aliphatic rings. The molecule has 1 aromatic heterocycles. The van der Waals surface area contributed by atoms with Gasteiger partial charge in [0.2, 0.25) is 0 Å². The highest BCUT2D eigenvalue weighted by Gasteiger charge is 2.04. The van der Waals surface area contributed by atoms with E-state index in [4.69, 9.17) is 29.6 Å². The lowest BCUT2D eigenvalue weighted by Crippen LogP contribution is -2.09. The summed E-state index contributed by atoms with van der Waals surface area (Å²) in [6, 6.07) is 5.37. The van der Waals surface area contributed by atoms with Crippen LogP contribution in [0.4, 0.5) is 11.4 Å². The quantitative estimate of drug-likeness (QED) is 0.834. The Hall–Kier alpha value is -1.72. The minimum Gasteiger partial charge on any atom is -0.389 e. The topological polar surface area (TPSA) is 63.8 Å². The molecule has 0 aliphatic heterocycles.